The summed E-state index contributed by atoms with van der Waals surface area (Å²) in [7, 11) is 0. The molecule has 0 amide bonds. The topological polar surface area (TPSA) is 45.4 Å². The quantitative estimate of drug-likeness (QED) is 0.822. The van der Waals surface area contributed by atoms with Crippen LogP contribution in [0, 0.1) is 5.41 Å². The van der Waals surface area contributed by atoms with Crippen molar-refractivity contribution in [2.24, 2.45) is 5.41 Å². The molecule has 21 heavy (non-hydrogen) atoms. The van der Waals surface area contributed by atoms with Gasteiger partial charge in [0.25, 0.3) is 0 Å². The molecule has 2 atom stereocenters. The SMILES string of the molecule is CC(NC(CCO)C(C)(C)C)c1cc2cc(Br)ccc2o1. The summed E-state index contributed by atoms with van der Waals surface area (Å²) < 4.78 is 6.98. The van der Waals surface area contributed by atoms with E-state index in [4.69, 9.17) is 4.42 Å². The lowest BCUT2D eigenvalue weighted by molar-refractivity contribution is 0.184. The van der Waals surface area contributed by atoms with Crippen molar-refractivity contribution in [2.45, 2.75) is 46.2 Å². The van der Waals surface area contributed by atoms with E-state index < -0.39 is 0 Å². The Labute approximate surface area is 134 Å². The number of aliphatic hydroxyl groups excluding tert-OH is 1. The first-order valence-corrected chi connectivity index (χ1v) is 8.16. The molecule has 3 nitrogen and oxygen atoms in total. The molecule has 1 heterocycles. The van der Waals surface area contributed by atoms with E-state index >= 15 is 0 Å². The minimum atomic E-state index is 0.0893. The van der Waals surface area contributed by atoms with Gasteiger partial charge in [-0.2, -0.15) is 0 Å². The summed E-state index contributed by atoms with van der Waals surface area (Å²) in [5.74, 6) is 0.926. The molecule has 2 aromatic rings. The van der Waals surface area contributed by atoms with E-state index in [1.807, 2.05) is 12.1 Å². The molecule has 1 aromatic heterocycles. The molecule has 1 aromatic carbocycles. The number of hydrogen-bond acceptors (Lipinski definition) is 3. The Balaban J connectivity index is 2.18. The Bertz CT molecular complexity index is 600. The van der Waals surface area contributed by atoms with Crippen LogP contribution in [0.3, 0.4) is 0 Å². The molecule has 4 heteroatoms. The molecular formula is C17H24BrNO2. The molecule has 2 N–H and O–H groups in total. The Hall–Kier alpha value is -0.840. The van der Waals surface area contributed by atoms with Crippen molar-refractivity contribution >= 4 is 26.9 Å². The van der Waals surface area contributed by atoms with Crippen molar-refractivity contribution in [1.82, 2.24) is 5.32 Å². The van der Waals surface area contributed by atoms with Crippen LogP contribution in [0.5, 0.6) is 0 Å². The summed E-state index contributed by atoms with van der Waals surface area (Å²) in [6.45, 7) is 8.84. The maximum Gasteiger partial charge on any atom is 0.134 e. The summed E-state index contributed by atoms with van der Waals surface area (Å²) in [5.41, 5.74) is 0.989. The molecule has 0 radical (unpaired) electrons. The van der Waals surface area contributed by atoms with Gasteiger partial charge in [-0.25, -0.2) is 0 Å². The Morgan fingerprint density at radius 2 is 2.00 bits per heavy atom. The van der Waals surface area contributed by atoms with E-state index in [1.165, 1.54) is 0 Å². The largest absolute Gasteiger partial charge is 0.459 e. The van der Waals surface area contributed by atoms with Gasteiger partial charge in [0.1, 0.15) is 11.3 Å². The van der Waals surface area contributed by atoms with E-state index in [1.54, 1.807) is 0 Å². The molecule has 116 valence electrons. The van der Waals surface area contributed by atoms with Gasteiger partial charge < -0.3 is 14.8 Å². The Morgan fingerprint density at radius 3 is 2.62 bits per heavy atom. The number of nitrogens with one attached hydrogen (secondary N) is 1. The average molecular weight is 354 g/mol. The van der Waals surface area contributed by atoms with Gasteiger partial charge in [-0.3, -0.25) is 0 Å². The first-order chi connectivity index (χ1) is 9.81. The van der Waals surface area contributed by atoms with Crippen LogP contribution in [-0.4, -0.2) is 17.8 Å². The molecule has 0 fully saturated rings. The second kappa shape index (κ2) is 6.51. The third kappa shape index (κ3) is 4.09. The van der Waals surface area contributed by atoms with E-state index in [0.717, 1.165) is 27.6 Å². The van der Waals surface area contributed by atoms with E-state index in [2.05, 4.69) is 61.1 Å². The third-order valence-electron chi connectivity index (χ3n) is 3.84. The summed E-state index contributed by atoms with van der Waals surface area (Å²) in [6, 6.07) is 8.44. The molecular weight excluding hydrogens is 330 g/mol. The van der Waals surface area contributed by atoms with Crippen molar-refractivity contribution in [2.75, 3.05) is 6.61 Å². The number of rotatable bonds is 5. The third-order valence-corrected chi connectivity index (χ3v) is 4.33. The lowest BCUT2D eigenvalue weighted by Gasteiger charge is -2.33. The number of aliphatic hydroxyl groups is 1. The van der Waals surface area contributed by atoms with Gasteiger partial charge in [-0.1, -0.05) is 36.7 Å². The molecule has 0 saturated carbocycles. The van der Waals surface area contributed by atoms with Gasteiger partial charge in [0, 0.05) is 22.5 Å². The fourth-order valence-electron chi connectivity index (χ4n) is 2.53. The van der Waals surface area contributed by atoms with Crippen LogP contribution < -0.4 is 5.32 Å². The van der Waals surface area contributed by atoms with Crippen molar-refractivity contribution in [1.29, 1.82) is 0 Å². The number of fused-ring (bicyclic) bond motifs is 1. The van der Waals surface area contributed by atoms with Gasteiger partial charge in [0.2, 0.25) is 0 Å². The fraction of sp³-hybridized carbons (Fsp3) is 0.529. The fourth-order valence-corrected chi connectivity index (χ4v) is 2.91. The van der Waals surface area contributed by atoms with Gasteiger partial charge in [0.05, 0.1) is 6.04 Å². The highest BCUT2D eigenvalue weighted by Crippen LogP contribution is 2.29. The highest BCUT2D eigenvalue weighted by atomic mass is 79.9. The zero-order chi connectivity index (χ0) is 15.6. The molecule has 0 bridgehead atoms. The maximum atomic E-state index is 9.26. The minimum Gasteiger partial charge on any atom is -0.459 e. The highest BCUT2D eigenvalue weighted by Gasteiger charge is 2.26. The average Bonchev–Trinajstić information content (AvgIpc) is 2.80. The van der Waals surface area contributed by atoms with Gasteiger partial charge in [-0.15, -0.1) is 0 Å². The molecule has 0 aliphatic carbocycles. The van der Waals surface area contributed by atoms with Crippen LogP contribution in [0.25, 0.3) is 11.0 Å². The van der Waals surface area contributed by atoms with Gasteiger partial charge in [0.15, 0.2) is 0 Å². The molecule has 2 rings (SSSR count). The number of benzene rings is 1. The van der Waals surface area contributed by atoms with Crippen LogP contribution in [-0.2, 0) is 0 Å². The van der Waals surface area contributed by atoms with Crippen molar-refractivity contribution in [3.05, 3.63) is 34.5 Å². The first-order valence-electron chi connectivity index (χ1n) is 7.37. The minimum absolute atomic E-state index is 0.0893. The van der Waals surface area contributed by atoms with Crippen LogP contribution in [0.1, 0.15) is 45.9 Å². The normalized spacial score (nSPS) is 15.3. The van der Waals surface area contributed by atoms with Crippen LogP contribution in [0.4, 0.5) is 0 Å². The van der Waals surface area contributed by atoms with Crippen LogP contribution in [0.2, 0.25) is 0 Å². The number of hydrogen-bond donors (Lipinski definition) is 2. The first kappa shape index (κ1) is 16.5. The molecule has 0 spiro atoms. The predicted molar refractivity (Wildman–Crippen MR) is 90.4 cm³/mol. The van der Waals surface area contributed by atoms with Crippen LogP contribution in [0.15, 0.2) is 33.2 Å². The lowest BCUT2D eigenvalue weighted by atomic mass is 9.84. The van der Waals surface area contributed by atoms with Crippen LogP contribution >= 0.6 is 15.9 Å². The second-order valence-corrected chi connectivity index (χ2v) is 7.57. The Kier molecular flexibility index (Phi) is 5.12. The van der Waals surface area contributed by atoms with Crippen molar-refractivity contribution < 1.29 is 9.52 Å². The maximum absolute atomic E-state index is 9.26. The van der Waals surface area contributed by atoms with Crippen molar-refractivity contribution in [3.63, 3.8) is 0 Å². The van der Waals surface area contributed by atoms with Gasteiger partial charge in [-0.05, 0) is 43.0 Å². The second-order valence-electron chi connectivity index (χ2n) is 6.65. The highest BCUT2D eigenvalue weighted by molar-refractivity contribution is 9.10. The monoisotopic (exact) mass is 353 g/mol. The molecule has 0 aliphatic rings. The lowest BCUT2D eigenvalue weighted by Crippen LogP contribution is -2.42. The zero-order valence-electron chi connectivity index (χ0n) is 13.1. The van der Waals surface area contributed by atoms with Gasteiger partial charge >= 0.3 is 0 Å². The molecule has 2 unspecified atom stereocenters. The zero-order valence-corrected chi connectivity index (χ0v) is 14.7. The predicted octanol–water partition coefficient (Wildman–Crippen LogP) is 4.64. The number of furan rings is 1. The smallest absolute Gasteiger partial charge is 0.134 e. The van der Waals surface area contributed by atoms with E-state index in [9.17, 15) is 5.11 Å². The summed E-state index contributed by atoms with van der Waals surface area (Å²) in [4.78, 5) is 0. The van der Waals surface area contributed by atoms with Crippen molar-refractivity contribution in [3.8, 4) is 0 Å². The van der Waals surface area contributed by atoms with E-state index in [-0.39, 0.29) is 24.1 Å². The summed E-state index contributed by atoms with van der Waals surface area (Å²) in [5, 5.41) is 13.9. The molecule has 0 aliphatic heterocycles. The summed E-state index contributed by atoms with van der Waals surface area (Å²) >= 11 is 3.48. The Morgan fingerprint density at radius 1 is 1.29 bits per heavy atom. The number of halogens is 1. The van der Waals surface area contributed by atoms with E-state index in [0.29, 0.717) is 0 Å². The summed E-state index contributed by atoms with van der Waals surface area (Å²) in [6.07, 6.45) is 0.736. The standard InChI is InChI=1S/C17H24BrNO2/c1-11(19-16(7-8-20)17(2,3)4)15-10-12-9-13(18)5-6-14(12)21-15/h5-6,9-11,16,19-20H,7-8H2,1-4H3. The molecule has 0 saturated heterocycles.